The Morgan fingerprint density at radius 3 is 2.44 bits per heavy atom. The average Bonchev–Trinajstić information content (AvgIpc) is 2.78. The van der Waals surface area contributed by atoms with Crippen molar-refractivity contribution in [2.75, 3.05) is 18.0 Å². The number of nitrogens with zero attached hydrogens (tertiary/aromatic N) is 2. The molecule has 0 atom stereocenters. The summed E-state index contributed by atoms with van der Waals surface area (Å²) in [5.41, 5.74) is 3.42. The summed E-state index contributed by atoms with van der Waals surface area (Å²) in [7, 11) is -2.57. The van der Waals surface area contributed by atoms with E-state index in [1.165, 1.54) is 49.7 Å². The second-order valence-electron chi connectivity index (χ2n) is 6.51. The number of hydrogen-bond donors (Lipinski definition) is 1. The molecule has 10 heteroatoms. The molecule has 3 aromatic carbocycles. The predicted molar refractivity (Wildman–Crippen MR) is 129 cm³/mol. The standard InChI is InChI=1S/C22H19BrClN3O4S/c1-31-20-9-11-21(12-10-20)32(29,30)27(19-7-5-18(24)6-8-19)15-22(28)26-25-14-16-3-2-4-17(23)13-16/h2-14H,15H2,1H3,(H,26,28)/b25-14-. The van der Waals surface area contributed by atoms with Gasteiger partial charge in [-0.3, -0.25) is 9.10 Å². The van der Waals surface area contributed by atoms with E-state index in [1.54, 1.807) is 12.1 Å². The first-order valence-corrected chi connectivity index (χ1v) is 11.9. The van der Waals surface area contributed by atoms with Crippen LogP contribution in [0.1, 0.15) is 5.56 Å². The SMILES string of the molecule is COc1ccc(S(=O)(=O)N(CC(=O)N/N=C\c2cccc(Br)c2)c2ccc(Cl)cc2)cc1. The first-order chi connectivity index (χ1) is 15.3. The Bertz CT molecular complexity index is 1220. The molecule has 0 spiro atoms. The van der Waals surface area contributed by atoms with Gasteiger partial charge in [0.1, 0.15) is 12.3 Å². The van der Waals surface area contributed by atoms with E-state index in [9.17, 15) is 13.2 Å². The molecule has 32 heavy (non-hydrogen) atoms. The third-order valence-electron chi connectivity index (χ3n) is 4.30. The number of hydrazone groups is 1. The molecule has 0 aliphatic carbocycles. The summed E-state index contributed by atoms with van der Waals surface area (Å²) in [6, 6.07) is 19.4. The lowest BCUT2D eigenvalue weighted by molar-refractivity contribution is -0.119. The lowest BCUT2D eigenvalue weighted by atomic mass is 10.2. The highest BCUT2D eigenvalue weighted by atomic mass is 79.9. The highest BCUT2D eigenvalue weighted by molar-refractivity contribution is 9.10. The quantitative estimate of drug-likeness (QED) is 0.340. The number of hydrogen-bond acceptors (Lipinski definition) is 5. The molecule has 0 unspecified atom stereocenters. The van der Waals surface area contributed by atoms with Crippen molar-refractivity contribution >= 4 is 55.4 Å². The van der Waals surface area contributed by atoms with Gasteiger partial charge in [0.15, 0.2) is 0 Å². The third kappa shape index (κ3) is 6.09. The average molecular weight is 537 g/mol. The number of amides is 1. The molecule has 0 aliphatic rings. The molecule has 0 radical (unpaired) electrons. The van der Waals surface area contributed by atoms with Crippen molar-refractivity contribution in [1.29, 1.82) is 0 Å². The minimum absolute atomic E-state index is 0.0127. The fraction of sp³-hybridized carbons (Fsp3) is 0.0909. The summed E-state index contributed by atoms with van der Waals surface area (Å²) in [6.07, 6.45) is 1.47. The van der Waals surface area contributed by atoms with Crippen LogP contribution in [0.15, 0.2) is 87.3 Å². The Morgan fingerprint density at radius 2 is 1.81 bits per heavy atom. The van der Waals surface area contributed by atoms with Crippen LogP contribution in [0, 0.1) is 0 Å². The summed E-state index contributed by atoms with van der Waals surface area (Å²) in [5, 5.41) is 4.36. The van der Waals surface area contributed by atoms with E-state index in [-0.39, 0.29) is 10.6 Å². The van der Waals surface area contributed by atoms with Gasteiger partial charge in [-0.2, -0.15) is 5.10 Å². The molecule has 0 aromatic heterocycles. The molecule has 7 nitrogen and oxygen atoms in total. The van der Waals surface area contributed by atoms with Gasteiger partial charge in [-0.05, 0) is 66.2 Å². The van der Waals surface area contributed by atoms with Gasteiger partial charge in [0.25, 0.3) is 15.9 Å². The van der Waals surface area contributed by atoms with Crippen LogP contribution in [-0.2, 0) is 14.8 Å². The first kappa shape index (κ1) is 23.8. The van der Waals surface area contributed by atoms with Crippen LogP contribution in [0.2, 0.25) is 5.02 Å². The second-order valence-corrected chi connectivity index (χ2v) is 9.73. The van der Waals surface area contributed by atoms with E-state index in [2.05, 4.69) is 26.5 Å². The highest BCUT2D eigenvalue weighted by Crippen LogP contribution is 2.26. The predicted octanol–water partition coefficient (Wildman–Crippen LogP) is 4.46. The van der Waals surface area contributed by atoms with Crippen LogP contribution in [0.4, 0.5) is 5.69 Å². The zero-order valence-corrected chi connectivity index (χ0v) is 20.1. The molecule has 1 amide bonds. The Morgan fingerprint density at radius 1 is 1.12 bits per heavy atom. The van der Waals surface area contributed by atoms with Gasteiger partial charge >= 0.3 is 0 Å². The largest absolute Gasteiger partial charge is 0.497 e. The number of rotatable bonds is 8. The first-order valence-electron chi connectivity index (χ1n) is 9.29. The van der Waals surface area contributed by atoms with Gasteiger partial charge < -0.3 is 4.74 Å². The Balaban J connectivity index is 1.84. The van der Waals surface area contributed by atoms with Crippen LogP contribution in [0.3, 0.4) is 0 Å². The Kier molecular flexibility index (Phi) is 7.89. The molecule has 1 N–H and O–H groups in total. The van der Waals surface area contributed by atoms with Crippen LogP contribution in [0.25, 0.3) is 0 Å². The number of anilines is 1. The van der Waals surface area contributed by atoms with E-state index in [1.807, 2.05) is 24.3 Å². The molecular formula is C22H19BrClN3O4S. The van der Waals surface area contributed by atoms with Gasteiger partial charge in [0.05, 0.1) is 23.9 Å². The summed E-state index contributed by atoms with van der Waals surface area (Å²) in [5.74, 6) is -0.0927. The van der Waals surface area contributed by atoms with Crippen LogP contribution in [-0.4, -0.2) is 34.2 Å². The number of benzene rings is 3. The number of ether oxygens (including phenoxy) is 1. The molecule has 3 rings (SSSR count). The number of carbonyl (C=O) groups excluding carboxylic acids is 1. The smallest absolute Gasteiger partial charge is 0.264 e. The van der Waals surface area contributed by atoms with Crippen molar-refractivity contribution in [2.45, 2.75) is 4.90 Å². The van der Waals surface area contributed by atoms with E-state index >= 15 is 0 Å². The van der Waals surface area contributed by atoms with Crippen molar-refractivity contribution < 1.29 is 17.9 Å². The van der Waals surface area contributed by atoms with Crippen LogP contribution < -0.4 is 14.5 Å². The lowest BCUT2D eigenvalue weighted by Crippen LogP contribution is -2.39. The Hall–Kier alpha value is -2.88. The fourth-order valence-corrected chi connectivity index (χ4v) is 4.69. The highest BCUT2D eigenvalue weighted by Gasteiger charge is 2.27. The van der Waals surface area contributed by atoms with Crippen molar-refractivity contribution in [3.8, 4) is 5.75 Å². The van der Waals surface area contributed by atoms with Gasteiger partial charge in [-0.25, -0.2) is 13.8 Å². The van der Waals surface area contributed by atoms with Crippen molar-refractivity contribution in [2.24, 2.45) is 5.10 Å². The van der Waals surface area contributed by atoms with Crippen LogP contribution >= 0.6 is 27.5 Å². The topological polar surface area (TPSA) is 88.1 Å². The van der Waals surface area contributed by atoms with Gasteiger partial charge in [0, 0.05) is 9.50 Å². The maximum Gasteiger partial charge on any atom is 0.264 e. The molecule has 0 aliphatic heterocycles. The molecule has 3 aromatic rings. The van der Waals surface area contributed by atoms with Crippen LogP contribution in [0.5, 0.6) is 5.75 Å². The lowest BCUT2D eigenvalue weighted by Gasteiger charge is -2.23. The molecule has 0 heterocycles. The number of nitrogens with one attached hydrogen (secondary N) is 1. The van der Waals surface area contributed by atoms with Crippen molar-refractivity contribution in [3.63, 3.8) is 0 Å². The summed E-state index contributed by atoms with van der Waals surface area (Å²) >= 11 is 9.30. The van der Waals surface area contributed by atoms with E-state index in [0.29, 0.717) is 10.8 Å². The van der Waals surface area contributed by atoms with Gasteiger partial charge in [0.2, 0.25) is 0 Å². The minimum atomic E-state index is -4.05. The van der Waals surface area contributed by atoms with Crippen molar-refractivity contribution in [1.82, 2.24) is 5.43 Å². The zero-order valence-electron chi connectivity index (χ0n) is 16.9. The minimum Gasteiger partial charge on any atom is -0.497 e. The molecule has 0 saturated heterocycles. The summed E-state index contributed by atoms with van der Waals surface area (Å²) in [6.45, 7) is -0.480. The maximum absolute atomic E-state index is 13.3. The molecule has 0 saturated carbocycles. The second kappa shape index (κ2) is 10.6. The summed E-state index contributed by atoms with van der Waals surface area (Å²) in [4.78, 5) is 12.6. The number of halogens is 2. The van der Waals surface area contributed by atoms with E-state index < -0.39 is 22.5 Å². The molecular weight excluding hydrogens is 518 g/mol. The van der Waals surface area contributed by atoms with E-state index in [0.717, 1.165) is 14.3 Å². The molecule has 0 bridgehead atoms. The molecule has 0 fully saturated rings. The Labute approximate surface area is 199 Å². The molecule has 166 valence electrons. The van der Waals surface area contributed by atoms with Gasteiger partial charge in [-0.1, -0.05) is 39.7 Å². The third-order valence-corrected chi connectivity index (χ3v) is 6.83. The fourth-order valence-electron chi connectivity index (χ4n) is 2.73. The van der Waals surface area contributed by atoms with Gasteiger partial charge in [-0.15, -0.1) is 0 Å². The number of carbonyl (C=O) groups is 1. The normalized spacial score (nSPS) is 11.3. The number of methoxy groups -OCH3 is 1. The van der Waals surface area contributed by atoms with Crippen molar-refractivity contribution in [3.05, 3.63) is 87.9 Å². The monoisotopic (exact) mass is 535 g/mol. The maximum atomic E-state index is 13.3. The summed E-state index contributed by atoms with van der Waals surface area (Å²) < 4.78 is 33.6. The zero-order chi connectivity index (χ0) is 23.1. The number of sulfonamides is 1. The van der Waals surface area contributed by atoms with E-state index in [4.69, 9.17) is 16.3 Å².